The first-order valence-electron chi connectivity index (χ1n) is 9.73. The number of aromatic nitrogens is 2. The Kier molecular flexibility index (Phi) is 7.80. The van der Waals surface area contributed by atoms with Crippen LogP contribution in [0.4, 0.5) is 11.6 Å². The monoisotopic (exact) mass is 445 g/mol. The zero-order chi connectivity index (χ0) is 22.2. The molecular weight excluding hydrogens is 422 g/mol. The molecule has 1 aliphatic heterocycles. The number of ether oxygens (including phenoxy) is 2. The summed E-state index contributed by atoms with van der Waals surface area (Å²) in [6, 6.07) is 6.75. The van der Waals surface area contributed by atoms with Crippen molar-refractivity contribution in [2.45, 2.75) is 12.5 Å². The third-order valence-corrected chi connectivity index (χ3v) is 4.89. The van der Waals surface area contributed by atoms with Crippen LogP contribution in [0.2, 0.25) is 5.02 Å². The lowest BCUT2D eigenvalue weighted by atomic mass is 10.2. The number of nitrogens with zero attached hydrogens (tertiary/aromatic N) is 3. The lowest BCUT2D eigenvalue weighted by Crippen LogP contribution is -2.31. The molecule has 1 unspecified atom stereocenters. The molecule has 2 heterocycles. The van der Waals surface area contributed by atoms with Gasteiger partial charge >= 0.3 is 0 Å². The van der Waals surface area contributed by atoms with Crippen LogP contribution in [0.15, 0.2) is 43.1 Å². The van der Waals surface area contributed by atoms with Crippen molar-refractivity contribution in [1.82, 2.24) is 14.9 Å². The van der Waals surface area contributed by atoms with E-state index in [-0.39, 0.29) is 23.7 Å². The van der Waals surface area contributed by atoms with Crippen LogP contribution in [-0.2, 0) is 9.53 Å². The molecule has 1 saturated heterocycles. The molecule has 0 aliphatic carbocycles. The lowest BCUT2D eigenvalue weighted by molar-refractivity contribution is -0.111. The second kappa shape index (κ2) is 10.7. The van der Waals surface area contributed by atoms with Gasteiger partial charge in [0.25, 0.3) is 5.91 Å². The van der Waals surface area contributed by atoms with Gasteiger partial charge in [-0.05, 0) is 36.8 Å². The van der Waals surface area contributed by atoms with Gasteiger partial charge in [-0.25, -0.2) is 4.98 Å². The van der Waals surface area contributed by atoms with Crippen LogP contribution < -0.4 is 15.4 Å². The molecule has 0 spiro atoms. The third kappa shape index (κ3) is 6.16. The number of hydrogen-bond acceptors (Lipinski definition) is 7. The molecule has 9 nitrogen and oxygen atoms in total. The number of rotatable bonds is 9. The molecule has 0 radical (unpaired) electrons. The zero-order valence-corrected chi connectivity index (χ0v) is 17.9. The normalized spacial score (nSPS) is 15.4. The van der Waals surface area contributed by atoms with Gasteiger partial charge in [0, 0.05) is 37.5 Å². The maximum atomic E-state index is 12.8. The van der Waals surface area contributed by atoms with Gasteiger partial charge in [0.15, 0.2) is 0 Å². The number of hydrogen-bond donors (Lipinski definition) is 2. The van der Waals surface area contributed by atoms with E-state index in [9.17, 15) is 9.59 Å². The second-order valence-electron chi connectivity index (χ2n) is 6.84. The van der Waals surface area contributed by atoms with Gasteiger partial charge in [-0.3, -0.25) is 9.59 Å². The van der Waals surface area contributed by atoms with Crippen molar-refractivity contribution >= 4 is 35.1 Å². The van der Waals surface area contributed by atoms with Crippen LogP contribution in [0.5, 0.6) is 5.88 Å². The molecule has 1 atom stereocenters. The molecule has 1 fully saturated rings. The Morgan fingerprint density at radius 3 is 2.81 bits per heavy atom. The number of benzene rings is 1. The van der Waals surface area contributed by atoms with E-state index in [1.807, 2.05) is 0 Å². The summed E-state index contributed by atoms with van der Waals surface area (Å²) in [5, 5.41) is 6.20. The van der Waals surface area contributed by atoms with E-state index < -0.39 is 0 Å². The zero-order valence-electron chi connectivity index (χ0n) is 17.1. The standard InChI is InChI=1S/C21H24ClN5O4/c1-3-18(28)24-15-6-4-14(5-7-15)20(29)27-9-8-16(13-27)25-21-23-12-17(22)19(26-21)31-11-10-30-2/h3-7,12,16H,1,8-11,13H2,2H3,(H,24,28)(H,23,25,26). The minimum absolute atomic E-state index is 0.00287. The van der Waals surface area contributed by atoms with Crippen LogP contribution in [0.1, 0.15) is 16.8 Å². The number of carbonyl (C=O) groups is 2. The number of nitrogens with one attached hydrogen (secondary N) is 2. The summed E-state index contributed by atoms with van der Waals surface area (Å²) in [5.74, 6) is 0.292. The Balaban J connectivity index is 1.56. The molecule has 10 heteroatoms. The summed E-state index contributed by atoms with van der Waals surface area (Å²) in [6.45, 7) is 5.28. The molecule has 0 saturated carbocycles. The van der Waals surface area contributed by atoms with Gasteiger partial charge in [-0.15, -0.1) is 0 Å². The minimum atomic E-state index is -0.302. The Morgan fingerprint density at radius 1 is 1.32 bits per heavy atom. The summed E-state index contributed by atoms with van der Waals surface area (Å²) in [5.41, 5.74) is 1.15. The van der Waals surface area contributed by atoms with Crippen LogP contribution in [0.25, 0.3) is 0 Å². The average molecular weight is 446 g/mol. The van der Waals surface area contributed by atoms with Crippen LogP contribution in [0, 0.1) is 0 Å². The van der Waals surface area contributed by atoms with Crippen LogP contribution in [0.3, 0.4) is 0 Å². The Labute approximate surface area is 185 Å². The summed E-state index contributed by atoms with van der Waals surface area (Å²) < 4.78 is 10.4. The quantitative estimate of drug-likeness (QED) is 0.451. The molecule has 3 rings (SSSR count). The van der Waals surface area contributed by atoms with Crippen molar-refractivity contribution in [2.24, 2.45) is 0 Å². The molecule has 2 N–H and O–H groups in total. The number of amides is 2. The van der Waals surface area contributed by atoms with Crippen LogP contribution in [-0.4, -0.2) is 66.1 Å². The number of carbonyl (C=O) groups excluding carboxylic acids is 2. The topological polar surface area (TPSA) is 106 Å². The molecular formula is C21H24ClN5O4. The maximum Gasteiger partial charge on any atom is 0.253 e. The molecule has 1 aliphatic rings. The largest absolute Gasteiger partial charge is 0.474 e. The van der Waals surface area contributed by atoms with Gasteiger partial charge in [0.2, 0.25) is 17.7 Å². The van der Waals surface area contributed by atoms with E-state index in [4.69, 9.17) is 21.1 Å². The number of likely N-dealkylation sites (tertiary alicyclic amines) is 1. The van der Waals surface area contributed by atoms with Gasteiger partial charge in [0.1, 0.15) is 11.6 Å². The van der Waals surface area contributed by atoms with Crippen molar-refractivity contribution in [3.63, 3.8) is 0 Å². The summed E-state index contributed by atoms with van der Waals surface area (Å²) in [4.78, 5) is 34.4. The van der Waals surface area contributed by atoms with Crippen molar-refractivity contribution in [3.05, 3.63) is 53.7 Å². The molecule has 164 valence electrons. The van der Waals surface area contributed by atoms with Crippen molar-refractivity contribution in [3.8, 4) is 5.88 Å². The highest BCUT2D eigenvalue weighted by atomic mass is 35.5. The Hall–Kier alpha value is -3.17. The van der Waals surface area contributed by atoms with E-state index in [1.54, 1.807) is 36.3 Å². The van der Waals surface area contributed by atoms with Gasteiger partial charge in [0.05, 0.1) is 12.8 Å². The van der Waals surface area contributed by atoms with Crippen LogP contribution >= 0.6 is 11.6 Å². The van der Waals surface area contributed by atoms with E-state index in [2.05, 4.69) is 27.2 Å². The smallest absolute Gasteiger partial charge is 0.253 e. The van der Waals surface area contributed by atoms with Crippen molar-refractivity contribution < 1.29 is 19.1 Å². The van der Waals surface area contributed by atoms with Gasteiger partial charge in [-0.2, -0.15) is 4.98 Å². The molecule has 1 aromatic heterocycles. The highest BCUT2D eigenvalue weighted by Crippen LogP contribution is 2.23. The SMILES string of the molecule is C=CC(=O)Nc1ccc(C(=O)N2CCC(Nc3ncc(Cl)c(OCCOC)n3)C2)cc1. The fourth-order valence-corrected chi connectivity index (χ4v) is 3.21. The fourth-order valence-electron chi connectivity index (χ4n) is 3.06. The van der Waals surface area contributed by atoms with Crippen molar-refractivity contribution in [2.75, 3.05) is 44.0 Å². The highest BCUT2D eigenvalue weighted by molar-refractivity contribution is 6.31. The predicted octanol–water partition coefficient (Wildman–Crippen LogP) is 2.61. The van der Waals surface area contributed by atoms with Gasteiger partial charge in [-0.1, -0.05) is 18.2 Å². The average Bonchev–Trinajstić information content (AvgIpc) is 3.24. The summed E-state index contributed by atoms with van der Waals surface area (Å²) >= 11 is 6.07. The first-order chi connectivity index (χ1) is 15.0. The molecule has 1 aromatic carbocycles. The molecule has 0 bridgehead atoms. The van der Waals surface area contributed by atoms with E-state index in [1.165, 1.54) is 12.3 Å². The van der Waals surface area contributed by atoms with E-state index in [0.717, 1.165) is 6.42 Å². The van der Waals surface area contributed by atoms with E-state index >= 15 is 0 Å². The maximum absolute atomic E-state index is 12.8. The fraction of sp³-hybridized carbons (Fsp3) is 0.333. The second-order valence-corrected chi connectivity index (χ2v) is 7.25. The molecule has 2 amide bonds. The lowest BCUT2D eigenvalue weighted by Gasteiger charge is -2.18. The van der Waals surface area contributed by atoms with Gasteiger partial charge < -0.3 is 25.0 Å². The summed E-state index contributed by atoms with van der Waals surface area (Å²) in [7, 11) is 1.58. The molecule has 2 aromatic rings. The summed E-state index contributed by atoms with van der Waals surface area (Å²) in [6.07, 6.45) is 3.42. The minimum Gasteiger partial charge on any atom is -0.474 e. The first kappa shape index (κ1) is 22.5. The highest BCUT2D eigenvalue weighted by Gasteiger charge is 2.27. The predicted molar refractivity (Wildman–Crippen MR) is 118 cm³/mol. The number of methoxy groups -OCH3 is 1. The number of anilines is 2. The van der Waals surface area contributed by atoms with E-state index in [0.29, 0.717) is 48.5 Å². The third-order valence-electron chi connectivity index (χ3n) is 4.63. The number of halogens is 1. The Bertz CT molecular complexity index is 938. The Morgan fingerprint density at radius 2 is 2.10 bits per heavy atom. The first-order valence-corrected chi connectivity index (χ1v) is 10.1. The molecule has 31 heavy (non-hydrogen) atoms. The van der Waals surface area contributed by atoms with Crippen molar-refractivity contribution in [1.29, 1.82) is 0 Å².